The van der Waals surface area contributed by atoms with Gasteiger partial charge in [-0.05, 0) is 37.9 Å². The average molecular weight is 334 g/mol. The number of hydrogen-bond donors (Lipinski definition) is 1. The van der Waals surface area contributed by atoms with Crippen LogP contribution in [0.5, 0.6) is 0 Å². The zero-order valence-corrected chi connectivity index (χ0v) is 12.9. The Morgan fingerprint density at radius 2 is 2.30 bits per heavy atom. The summed E-state index contributed by atoms with van der Waals surface area (Å²) in [6.45, 7) is 1.20. The molecule has 8 heteroatoms. The SMILES string of the molecule is CC(O)C1CCN(CC(=O)N(Cc2ccco2)CC(F)(F)F)C1. The van der Waals surface area contributed by atoms with E-state index in [1.54, 1.807) is 17.9 Å². The summed E-state index contributed by atoms with van der Waals surface area (Å²) in [4.78, 5) is 14.8. The molecule has 2 unspecified atom stereocenters. The number of nitrogens with zero attached hydrogens (tertiary/aromatic N) is 2. The highest BCUT2D eigenvalue weighted by atomic mass is 19.4. The quantitative estimate of drug-likeness (QED) is 0.863. The topological polar surface area (TPSA) is 56.9 Å². The molecule has 0 radical (unpaired) electrons. The van der Waals surface area contributed by atoms with Crippen LogP contribution in [0.2, 0.25) is 0 Å². The molecule has 1 aromatic heterocycles. The smallest absolute Gasteiger partial charge is 0.406 e. The van der Waals surface area contributed by atoms with Crippen molar-refractivity contribution in [1.82, 2.24) is 9.80 Å². The third-order valence-electron chi connectivity index (χ3n) is 4.00. The van der Waals surface area contributed by atoms with Crippen LogP contribution in [0.4, 0.5) is 13.2 Å². The molecule has 0 aromatic carbocycles. The number of alkyl halides is 3. The lowest BCUT2D eigenvalue weighted by Gasteiger charge is -2.25. The average Bonchev–Trinajstić information content (AvgIpc) is 3.07. The van der Waals surface area contributed by atoms with Crippen LogP contribution in [0, 0.1) is 5.92 Å². The second-order valence-corrected chi connectivity index (χ2v) is 5.97. The maximum Gasteiger partial charge on any atom is 0.406 e. The molecule has 1 amide bonds. The van der Waals surface area contributed by atoms with Gasteiger partial charge in [0.05, 0.1) is 25.5 Å². The molecule has 1 aliphatic heterocycles. The molecule has 130 valence electrons. The van der Waals surface area contributed by atoms with Gasteiger partial charge in [-0.2, -0.15) is 13.2 Å². The number of carbonyl (C=O) groups is 1. The van der Waals surface area contributed by atoms with E-state index < -0.39 is 24.7 Å². The number of carbonyl (C=O) groups excluding carboxylic acids is 1. The lowest BCUT2D eigenvalue weighted by atomic mass is 10.0. The standard InChI is InChI=1S/C15H21F3N2O3/c1-11(21)12-4-5-19(7-12)9-14(22)20(10-15(16,17)18)8-13-3-2-6-23-13/h2-3,6,11-12,21H,4-5,7-10H2,1H3. The molecule has 0 saturated carbocycles. The Hall–Kier alpha value is -1.54. The number of aliphatic hydroxyl groups is 1. The van der Waals surface area contributed by atoms with Crippen molar-refractivity contribution in [2.75, 3.05) is 26.2 Å². The summed E-state index contributed by atoms with van der Waals surface area (Å²) in [7, 11) is 0. The fourth-order valence-electron chi connectivity index (χ4n) is 2.73. The van der Waals surface area contributed by atoms with Gasteiger partial charge >= 0.3 is 6.18 Å². The molecular weight excluding hydrogens is 313 g/mol. The number of likely N-dealkylation sites (tertiary alicyclic amines) is 1. The number of rotatable bonds is 6. The molecular formula is C15H21F3N2O3. The Morgan fingerprint density at radius 1 is 1.57 bits per heavy atom. The number of hydrogen-bond acceptors (Lipinski definition) is 4. The van der Waals surface area contributed by atoms with Crippen molar-refractivity contribution in [3.8, 4) is 0 Å². The fourth-order valence-corrected chi connectivity index (χ4v) is 2.73. The summed E-state index contributed by atoms with van der Waals surface area (Å²) >= 11 is 0. The van der Waals surface area contributed by atoms with Crippen LogP contribution in [0.15, 0.2) is 22.8 Å². The van der Waals surface area contributed by atoms with Crippen LogP contribution in [0.1, 0.15) is 19.1 Å². The van der Waals surface area contributed by atoms with Crippen LogP contribution in [-0.4, -0.2) is 59.3 Å². The molecule has 1 aromatic rings. The van der Waals surface area contributed by atoms with Gasteiger partial charge in [0.1, 0.15) is 12.3 Å². The highest BCUT2D eigenvalue weighted by Gasteiger charge is 2.35. The van der Waals surface area contributed by atoms with Crippen molar-refractivity contribution in [3.63, 3.8) is 0 Å². The van der Waals surface area contributed by atoms with Crippen LogP contribution < -0.4 is 0 Å². The molecule has 2 heterocycles. The normalized spacial score (nSPS) is 20.7. The zero-order chi connectivity index (χ0) is 17.0. The Bertz CT molecular complexity index is 503. The maximum atomic E-state index is 12.7. The molecule has 1 saturated heterocycles. The van der Waals surface area contributed by atoms with E-state index in [1.807, 2.05) is 0 Å². The number of amides is 1. The third kappa shape index (κ3) is 5.54. The van der Waals surface area contributed by atoms with Crippen molar-refractivity contribution < 1.29 is 27.5 Å². The van der Waals surface area contributed by atoms with Gasteiger partial charge in [0.2, 0.25) is 5.91 Å². The van der Waals surface area contributed by atoms with E-state index in [4.69, 9.17) is 4.42 Å². The minimum Gasteiger partial charge on any atom is -0.467 e. The Labute approximate surface area is 132 Å². The summed E-state index contributed by atoms with van der Waals surface area (Å²) in [6, 6.07) is 3.11. The first kappa shape index (κ1) is 17.8. The van der Waals surface area contributed by atoms with E-state index in [1.165, 1.54) is 12.3 Å². The van der Waals surface area contributed by atoms with Crippen molar-refractivity contribution in [1.29, 1.82) is 0 Å². The number of halogens is 3. The molecule has 2 atom stereocenters. The van der Waals surface area contributed by atoms with E-state index in [2.05, 4.69) is 0 Å². The van der Waals surface area contributed by atoms with Gasteiger partial charge in [-0.1, -0.05) is 0 Å². The first-order valence-electron chi connectivity index (χ1n) is 7.52. The van der Waals surface area contributed by atoms with Crippen molar-refractivity contribution in [2.24, 2.45) is 5.92 Å². The molecule has 0 aliphatic carbocycles. The van der Waals surface area contributed by atoms with E-state index in [9.17, 15) is 23.1 Å². The fraction of sp³-hybridized carbons (Fsp3) is 0.667. The van der Waals surface area contributed by atoms with Gasteiger partial charge in [-0.3, -0.25) is 9.69 Å². The predicted molar refractivity (Wildman–Crippen MR) is 76.4 cm³/mol. The van der Waals surface area contributed by atoms with Crippen molar-refractivity contribution in [2.45, 2.75) is 32.2 Å². The second-order valence-electron chi connectivity index (χ2n) is 5.97. The van der Waals surface area contributed by atoms with Gasteiger partial charge in [-0.25, -0.2) is 0 Å². The monoisotopic (exact) mass is 334 g/mol. The van der Waals surface area contributed by atoms with Crippen molar-refractivity contribution in [3.05, 3.63) is 24.2 Å². The van der Waals surface area contributed by atoms with Gasteiger partial charge < -0.3 is 14.4 Å². The molecule has 2 rings (SSSR count). The van der Waals surface area contributed by atoms with E-state index in [0.29, 0.717) is 18.8 Å². The Kier molecular flexibility index (Phi) is 5.69. The highest BCUT2D eigenvalue weighted by Crippen LogP contribution is 2.21. The minimum atomic E-state index is -4.46. The third-order valence-corrected chi connectivity index (χ3v) is 4.00. The van der Waals surface area contributed by atoms with Gasteiger partial charge in [0.25, 0.3) is 0 Å². The summed E-state index contributed by atoms with van der Waals surface area (Å²) < 4.78 is 43.2. The zero-order valence-electron chi connectivity index (χ0n) is 12.9. The van der Waals surface area contributed by atoms with E-state index in [-0.39, 0.29) is 19.0 Å². The molecule has 1 N–H and O–H groups in total. The lowest BCUT2D eigenvalue weighted by Crippen LogP contribution is -2.43. The molecule has 23 heavy (non-hydrogen) atoms. The molecule has 5 nitrogen and oxygen atoms in total. The number of furan rings is 1. The summed E-state index contributed by atoms with van der Waals surface area (Å²) in [6.07, 6.45) is -2.85. The van der Waals surface area contributed by atoms with E-state index >= 15 is 0 Å². The first-order valence-corrected chi connectivity index (χ1v) is 7.52. The molecule has 0 spiro atoms. The Morgan fingerprint density at radius 3 is 2.83 bits per heavy atom. The van der Waals surface area contributed by atoms with Crippen LogP contribution in [0.25, 0.3) is 0 Å². The Balaban J connectivity index is 1.96. The molecule has 1 fully saturated rings. The number of aliphatic hydroxyl groups excluding tert-OH is 1. The second kappa shape index (κ2) is 7.35. The largest absolute Gasteiger partial charge is 0.467 e. The van der Waals surface area contributed by atoms with Gasteiger partial charge in [0, 0.05) is 6.54 Å². The van der Waals surface area contributed by atoms with Crippen LogP contribution in [-0.2, 0) is 11.3 Å². The maximum absolute atomic E-state index is 12.7. The summed E-state index contributed by atoms with van der Waals surface area (Å²) in [5, 5.41) is 9.55. The first-order chi connectivity index (χ1) is 10.7. The summed E-state index contributed by atoms with van der Waals surface area (Å²) in [5.41, 5.74) is 0. The van der Waals surface area contributed by atoms with Crippen molar-refractivity contribution >= 4 is 5.91 Å². The molecule has 0 bridgehead atoms. The van der Waals surface area contributed by atoms with Gasteiger partial charge in [0.15, 0.2) is 0 Å². The lowest BCUT2D eigenvalue weighted by molar-refractivity contribution is -0.163. The van der Waals surface area contributed by atoms with Crippen LogP contribution in [0.3, 0.4) is 0 Å². The highest BCUT2D eigenvalue weighted by molar-refractivity contribution is 5.78. The van der Waals surface area contributed by atoms with Gasteiger partial charge in [-0.15, -0.1) is 0 Å². The predicted octanol–water partition coefficient (Wildman–Crippen LogP) is 1.87. The van der Waals surface area contributed by atoms with Crippen LogP contribution >= 0.6 is 0 Å². The molecule has 1 aliphatic rings. The minimum absolute atomic E-state index is 0.0592. The summed E-state index contributed by atoms with van der Waals surface area (Å²) in [5.74, 6) is -0.222. The van der Waals surface area contributed by atoms with E-state index in [0.717, 1.165) is 11.3 Å².